The monoisotopic (exact) mass is 428 g/mol. The molecule has 5 heteroatoms. The summed E-state index contributed by atoms with van der Waals surface area (Å²) in [7, 11) is 0. The van der Waals surface area contributed by atoms with Gasteiger partial charge in [-0.1, -0.05) is 54.1 Å². The highest BCUT2D eigenvalue weighted by atomic mass is 35.5. The number of carboxylic acids is 1. The van der Waals surface area contributed by atoms with Gasteiger partial charge >= 0.3 is 5.97 Å². The number of carbonyl (C=O) groups is 1. The Morgan fingerprint density at radius 3 is 2.29 bits per heavy atom. The second-order valence-electron chi connectivity index (χ2n) is 7.30. The quantitative estimate of drug-likeness (QED) is 0.353. The van der Waals surface area contributed by atoms with Crippen molar-refractivity contribution in [1.29, 1.82) is 0 Å². The van der Waals surface area contributed by atoms with E-state index < -0.39 is 5.97 Å². The molecule has 3 aromatic carbocycles. The summed E-state index contributed by atoms with van der Waals surface area (Å²) in [5, 5.41) is 9.59. The molecule has 0 spiro atoms. The van der Waals surface area contributed by atoms with Crippen molar-refractivity contribution in [2.45, 2.75) is 13.8 Å². The van der Waals surface area contributed by atoms with Crippen molar-refractivity contribution in [2.24, 2.45) is 4.99 Å². The maximum atomic E-state index is 11.4. The summed E-state index contributed by atoms with van der Waals surface area (Å²) >= 11 is 6.02. The lowest BCUT2D eigenvalue weighted by molar-refractivity contribution is 0.0697. The highest BCUT2D eigenvalue weighted by Gasteiger charge is 2.14. The van der Waals surface area contributed by atoms with Crippen molar-refractivity contribution in [3.05, 3.63) is 106 Å². The standard InChI is InChI=1S/C26H21ClN2O2/c1-17-14-21(18(2)29(17)23-12-13-25(27)24(15-23)26(30)31)16-28-22-10-8-20(9-11-22)19-6-4-3-5-7-19/h3-16H,1-2H3,(H,30,31). The lowest BCUT2D eigenvalue weighted by atomic mass is 10.1. The van der Waals surface area contributed by atoms with Crippen molar-refractivity contribution in [3.63, 3.8) is 0 Å². The van der Waals surface area contributed by atoms with Gasteiger partial charge in [-0.15, -0.1) is 0 Å². The van der Waals surface area contributed by atoms with Gasteiger partial charge < -0.3 is 9.67 Å². The van der Waals surface area contributed by atoms with E-state index in [0.717, 1.165) is 33.9 Å². The number of halogens is 1. The SMILES string of the molecule is Cc1cc(C=Nc2ccc(-c3ccccc3)cc2)c(C)n1-c1ccc(Cl)c(C(=O)O)c1. The van der Waals surface area contributed by atoms with Crippen LogP contribution in [0, 0.1) is 13.8 Å². The third kappa shape index (κ3) is 4.30. The molecular formula is C26H21ClN2O2. The Hall–Kier alpha value is -3.63. The first kappa shape index (κ1) is 20.6. The van der Waals surface area contributed by atoms with E-state index in [1.165, 1.54) is 5.56 Å². The van der Waals surface area contributed by atoms with E-state index >= 15 is 0 Å². The zero-order valence-corrected chi connectivity index (χ0v) is 18.0. The molecule has 0 amide bonds. The second kappa shape index (κ2) is 8.62. The minimum Gasteiger partial charge on any atom is -0.478 e. The van der Waals surface area contributed by atoms with Crippen molar-refractivity contribution < 1.29 is 9.90 Å². The Morgan fingerprint density at radius 2 is 1.61 bits per heavy atom. The summed E-state index contributed by atoms with van der Waals surface area (Å²) < 4.78 is 2.00. The van der Waals surface area contributed by atoms with Gasteiger partial charge in [-0.2, -0.15) is 0 Å². The van der Waals surface area contributed by atoms with Gasteiger partial charge in [0.2, 0.25) is 0 Å². The summed E-state index contributed by atoms with van der Waals surface area (Å²) in [6.07, 6.45) is 1.84. The van der Waals surface area contributed by atoms with Crippen LogP contribution in [0.5, 0.6) is 0 Å². The van der Waals surface area contributed by atoms with Crippen LogP contribution in [0.4, 0.5) is 5.69 Å². The lowest BCUT2D eigenvalue weighted by Gasteiger charge is -2.11. The topological polar surface area (TPSA) is 54.6 Å². The van der Waals surface area contributed by atoms with E-state index in [2.05, 4.69) is 29.3 Å². The summed E-state index contributed by atoms with van der Waals surface area (Å²) in [5.41, 5.74) is 6.95. The predicted molar refractivity (Wildman–Crippen MR) is 126 cm³/mol. The molecule has 0 saturated heterocycles. The minimum atomic E-state index is -1.05. The number of aliphatic imine (C=N–C) groups is 1. The van der Waals surface area contributed by atoms with Crippen LogP contribution < -0.4 is 0 Å². The van der Waals surface area contributed by atoms with Crippen LogP contribution in [0.25, 0.3) is 16.8 Å². The number of aromatic carboxylic acids is 1. The van der Waals surface area contributed by atoms with Crippen molar-refractivity contribution >= 4 is 29.5 Å². The Bertz CT molecular complexity index is 1270. The first-order valence-corrected chi connectivity index (χ1v) is 10.2. The number of hydrogen-bond donors (Lipinski definition) is 1. The molecule has 0 saturated carbocycles. The zero-order valence-electron chi connectivity index (χ0n) is 17.2. The molecule has 4 aromatic rings. The molecule has 0 aliphatic carbocycles. The maximum Gasteiger partial charge on any atom is 0.337 e. The number of nitrogens with zero attached hydrogens (tertiary/aromatic N) is 2. The lowest BCUT2D eigenvalue weighted by Crippen LogP contribution is -2.03. The van der Waals surface area contributed by atoms with Crippen LogP contribution in [0.15, 0.2) is 83.9 Å². The molecule has 0 atom stereocenters. The van der Waals surface area contributed by atoms with Crippen LogP contribution in [-0.2, 0) is 0 Å². The van der Waals surface area contributed by atoms with Gasteiger partial charge in [-0.25, -0.2) is 4.79 Å². The molecule has 4 rings (SSSR count). The fourth-order valence-electron chi connectivity index (χ4n) is 3.65. The number of benzene rings is 3. The summed E-state index contributed by atoms with van der Waals surface area (Å²) in [6.45, 7) is 3.97. The number of aromatic nitrogens is 1. The van der Waals surface area contributed by atoms with E-state index in [9.17, 15) is 9.90 Å². The molecule has 1 heterocycles. The number of rotatable bonds is 5. The molecule has 0 radical (unpaired) electrons. The zero-order chi connectivity index (χ0) is 22.0. The third-order valence-corrected chi connectivity index (χ3v) is 5.57. The first-order valence-electron chi connectivity index (χ1n) is 9.86. The molecule has 0 bridgehead atoms. The van der Waals surface area contributed by atoms with Gasteiger partial charge in [0, 0.05) is 28.9 Å². The van der Waals surface area contributed by atoms with E-state index in [4.69, 9.17) is 11.6 Å². The Morgan fingerprint density at radius 1 is 0.935 bits per heavy atom. The van der Waals surface area contributed by atoms with Crippen LogP contribution in [-0.4, -0.2) is 21.9 Å². The van der Waals surface area contributed by atoms with Gasteiger partial charge in [0.05, 0.1) is 16.3 Å². The fourth-order valence-corrected chi connectivity index (χ4v) is 3.84. The van der Waals surface area contributed by atoms with E-state index in [0.29, 0.717) is 0 Å². The predicted octanol–water partition coefficient (Wildman–Crippen LogP) is 6.86. The summed E-state index contributed by atoms with van der Waals surface area (Å²) in [5.74, 6) is -1.05. The number of hydrogen-bond acceptors (Lipinski definition) is 2. The molecule has 154 valence electrons. The van der Waals surface area contributed by atoms with Crippen LogP contribution in [0.1, 0.15) is 27.3 Å². The van der Waals surface area contributed by atoms with Gasteiger partial charge in [0.1, 0.15) is 0 Å². The summed E-state index contributed by atoms with van der Waals surface area (Å²) in [6, 6.07) is 25.4. The largest absolute Gasteiger partial charge is 0.478 e. The smallest absolute Gasteiger partial charge is 0.337 e. The molecule has 31 heavy (non-hydrogen) atoms. The molecule has 0 fully saturated rings. The van der Waals surface area contributed by atoms with Crippen molar-refractivity contribution in [2.75, 3.05) is 0 Å². The molecule has 1 aromatic heterocycles. The Kier molecular flexibility index (Phi) is 5.74. The van der Waals surface area contributed by atoms with E-state index in [1.54, 1.807) is 12.1 Å². The fraction of sp³-hybridized carbons (Fsp3) is 0.0769. The second-order valence-corrected chi connectivity index (χ2v) is 7.71. The molecular weight excluding hydrogens is 408 g/mol. The molecule has 0 aliphatic heterocycles. The van der Waals surface area contributed by atoms with Crippen molar-refractivity contribution in [3.8, 4) is 16.8 Å². The van der Waals surface area contributed by atoms with Gasteiger partial charge in [0.25, 0.3) is 0 Å². The number of carboxylic acid groups (broad SMARTS) is 1. The summed E-state index contributed by atoms with van der Waals surface area (Å²) in [4.78, 5) is 16.1. The van der Waals surface area contributed by atoms with E-state index in [-0.39, 0.29) is 10.6 Å². The van der Waals surface area contributed by atoms with Gasteiger partial charge in [-0.3, -0.25) is 4.99 Å². The minimum absolute atomic E-state index is 0.0837. The van der Waals surface area contributed by atoms with Gasteiger partial charge in [0.15, 0.2) is 0 Å². The molecule has 0 aliphatic rings. The molecule has 0 unspecified atom stereocenters. The molecule has 1 N–H and O–H groups in total. The Balaban J connectivity index is 1.61. The van der Waals surface area contributed by atoms with Gasteiger partial charge in [-0.05, 0) is 61.4 Å². The Labute approximate surface area is 186 Å². The number of aryl methyl sites for hydroxylation is 1. The average Bonchev–Trinajstić information content (AvgIpc) is 3.06. The van der Waals surface area contributed by atoms with Crippen molar-refractivity contribution in [1.82, 2.24) is 4.57 Å². The third-order valence-electron chi connectivity index (χ3n) is 5.24. The maximum absolute atomic E-state index is 11.4. The first-order chi connectivity index (χ1) is 14.9. The normalized spacial score (nSPS) is 11.2. The van der Waals surface area contributed by atoms with Crippen LogP contribution in [0.3, 0.4) is 0 Å². The molecule has 4 nitrogen and oxygen atoms in total. The highest BCUT2D eigenvalue weighted by molar-refractivity contribution is 6.33. The van der Waals surface area contributed by atoms with E-state index in [1.807, 2.05) is 67.1 Å². The van der Waals surface area contributed by atoms with Crippen LogP contribution in [0.2, 0.25) is 5.02 Å². The highest BCUT2D eigenvalue weighted by Crippen LogP contribution is 2.26. The average molecular weight is 429 g/mol. The van der Waals surface area contributed by atoms with Crippen LogP contribution >= 0.6 is 11.6 Å².